The van der Waals surface area contributed by atoms with E-state index < -0.39 is 0 Å². The van der Waals surface area contributed by atoms with Crippen LogP contribution in [0.5, 0.6) is 0 Å². The fraction of sp³-hybridized carbons (Fsp3) is 0.500. The molecule has 0 saturated heterocycles. The van der Waals surface area contributed by atoms with Gasteiger partial charge in [-0.1, -0.05) is 31.5 Å². The lowest BCUT2D eigenvalue weighted by Gasteiger charge is -2.15. The Balaban J connectivity index is 2.48. The Kier molecular flexibility index (Phi) is 5.22. The first kappa shape index (κ1) is 13.8. The molecule has 0 aliphatic rings. The van der Waals surface area contributed by atoms with E-state index in [-0.39, 0.29) is 11.9 Å². The molecular weight excluding hydrogens is 238 g/mol. The summed E-state index contributed by atoms with van der Waals surface area (Å²) in [5.74, 6) is 1.00. The highest BCUT2D eigenvalue weighted by atomic mass is 35.5. The first-order chi connectivity index (χ1) is 7.99. The fourth-order valence-electron chi connectivity index (χ4n) is 1.23. The lowest BCUT2D eigenvalue weighted by Crippen LogP contribution is -2.39. The van der Waals surface area contributed by atoms with Gasteiger partial charge in [-0.25, -0.2) is 4.98 Å². The SMILES string of the molecule is CC(C)CNC(=O)C(C)Nc1cccc(Cl)n1. The quantitative estimate of drug-likeness (QED) is 0.794. The standard InChI is InChI=1S/C12H18ClN3O/c1-8(2)7-14-12(17)9(3)15-11-6-4-5-10(13)16-11/h4-6,8-9H,7H2,1-3H3,(H,14,17)(H,15,16). The Morgan fingerprint density at radius 1 is 1.41 bits per heavy atom. The van der Waals surface area contributed by atoms with E-state index in [1.165, 1.54) is 0 Å². The van der Waals surface area contributed by atoms with E-state index in [1.807, 2.05) is 0 Å². The van der Waals surface area contributed by atoms with Gasteiger partial charge in [0.2, 0.25) is 5.91 Å². The van der Waals surface area contributed by atoms with Crippen molar-refractivity contribution in [1.29, 1.82) is 0 Å². The van der Waals surface area contributed by atoms with E-state index in [0.29, 0.717) is 23.4 Å². The number of carbonyl (C=O) groups excluding carboxylic acids is 1. The number of halogens is 1. The third-order valence-electron chi connectivity index (χ3n) is 2.16. The van der Waals surface area contributed by atoms with Crippen LogP contribution < -0.4 is 10.6 Å². The fourth-order valence-corrected chi connectivity index (χ4v) is 1.40. The van der Waals surface area contributed by atoms with Crippen molar-refractivity contribution in [2.24, 2.45) is 5.92 Å². The number of anilines is 1. The average molecular weight is 256 g/mol. The summed E-state index contributed by atoms with van der Waals surface area (Å²) in [6, 6.07) is 4.92. The summed E-state index contributed by atoms with van der Waals surface area (Å²) in [4.78, 5) is 15.8. The molecule has 2 N–H and O–H groups in total. The van der Waals surface area contributed by atoms with Crippen molar-refractivity contribution in [1.82, 2.24) is 10.3 Å². The van der Waals surface area contributed by atoms with Gasteiger partial charge in [-0.2, -0.15) is 0 Å². The molecule has 0 aliphatic heterocycles. The number of rotatable bonds is 5. The molecule has 1 unspecified atom stereocenters. The predicted molar refractivity (Wildman–Crippen MR) is 70.2 cm³/mol. The normalized spacial score (nSPS) is 12.3. The number of pyridine rings is 1. The van der Waals surface area contributed by atoms with E-state index >= 15 is 0 Å². The van der Waals surface area contributed by atoms with Gasteiger partial charge >= 0.3 is 0 Å². The van der Waals surface area contributed by atoms with Crippen molar-refractivity contribution in [3.63, 3.8) is 0 Å². The second kappa shape index (κ2) is 6.45. The van der Waals surface area contributed by atoms with E-state index in [9.17, 15) is 4.79 Å². The van der Waals surface area contributed by atoms with Gasteiger partial charge in [-0.05, 0) is 25.0 Å². The highest BCUT2D eigenvalue weighted by molar-refractivity contribution is 6.29. The summed E-state index contributed by atoms with van der Waals surface area (Å²) in [5.41, 5.74) is 0. The largest absolute Gasteiger partial charge is 0.359 e. The van der Waals surface area contributed by atoms with Gasteiger partial charge < -0.3 is 10.6 Å². The van der Waals surface area contributed by atoms with Crippen LogP contribution in [0.25, 0.3) is 0 Å². The molecule has 1 heterocycles. The minimum atomic E-state index is -0.334. The van der Waals surface area contributed by atoms with Gasteiger partial charge in [0.05, 0.1) is 0 Å². The van der Waals surface area contributed by atoms with Gasteiger partial charge in [0.25, 0.3) is 0 Å². The summed E-state index contributed by atoms with van der Waals surface area (Å²) < 4.78 is 0. The van der Waals surface area contributed by atoms with Gasteiger partial charge in [0.15, 0.2) is 0 Å². The van der Waals surface area contributed by atoms with E-state index in [2.05, 4.69) is 29.5 Å². The van der Waals surface area contributed by atoms with Crippen LogP contribution in [0, 0.1) is 5.92 Å². The van der Waals surface area contributed by atoms with Crippen molar-refractivity contribution < 1.29 is 4.79 Å². The monoisotopic (exact) mass is 255 g/mol. The molecule has 0 fully saturated rings. The minimum absolute atomic E-state index is 0.0412. The molecule has 1 rings (SSSR count). The summed E-state index contributed by atoms with van der Waals surface area (Å²) in [6.07, 6.45) is 0. The average Bonchev–Trinajstić information content (AvgIpc) is 2.25. The maximum absolute atomic E-state index is 11.7. The zero-order valence-corrected chi connectivity index (χ0v) is 11.1. The Morgan fingerprint density at radius 2 is 2.12 bits per heavy atom. The predicted octanol–water partition coefficient (Wildman–Crippen LogP) is 2.31. The molecule has 1 atom stereocenters. The highest BCUT2D eigenvalue weighted by Crippen LogP contribution is 2.10. The number of nitrogens with one attached hydrogen (secondary N) is 2. The third kappa shape index (κ3) is 5.04. The van der Waals surface area contributed by atoms with Crippen LogP contribution in [0.3, 0.4) is 0 Å². The summed E-state index contributed by atoms with van der Waals surface area (Å²) >= 11 is 5.76. The lowest BCUT2D eigenvalue weighted by atomic mass is 10.2. The second-order valence-electron chi connectivity index (χ2n) is 4.35. The molecule has 94 valence electrons. The Morgan fingerprint density at radius 3 is 2.71 bits per heavy atom. The highest BCUT2D eigenvalue weighted by Gasteiger charge is 2.12. The molecule has 1 aromatic rings. The molecule has 1 amide bonds. The van der Waals surface area contributed by atoms with Crippen molar-refractivity contribution in [2.75, 3.05) is 11.9 Å². The summed E-state index contributed by atoms with van der Waals surface area (Å²) in [6.45, 7) is 6.57. The Bertz CT molecular complexity index is 382. The zero-order valence-electron chi connectivity index (χ0n) is 10.3. The first-order valence-corrected chi connectivity index (χ1v) is 6.03. The molecule has 5 heteroatoms. The van der Waals surface area contributed by atoms with Crippen LogP contribution in [-0.4, -0.2) is 23.5 Å². The Hall–Kier alpha value is -1.29. The van der Waals surface area contributed by atoms with Crippen LogP contribution in [0.4, 0.5) is 5.82 Å². The van der Waals surface area contributed by atoms with E-state index in [1.54, 1.807) is 25.1 Å². The zero-order chi connectivity index (χ0) is 12.8. The molecule has 17 heavy (non-hydrogen) atoms. The van der Waals surface area contributed by atoms with Crippen LogP contribution >= 0.6 is 11.6 Å². The number of hydrogen-bond acceptors (Lipinski definition) is 3. The van der Waals surface area contributed by atoms with Crippen LogP contribution in [0.1, 0.15) is 20.8 Å². The second-order valence-corrected chi connectivity index (χ2v) is 4.74. The number of aromatic nitrogens is 1. The van der Waals surface area contributed by atoms with Gasteiger partial charge in [0, 0.05) is 6.54 Å². The topological polar surface area (TPSA) is 54.0 Å². The molecule has 0 aliphatic carbocycles. The van der Waals surface area contributed by atoms with Crippen molar-refractivity contribution in [3.05, 3.63) is 23.4 Å². The van der Waals surface area contributed by atoms with Crippen molar-refractivity contribution in [3.8, 4) is 0 Å². The summed E-state index contributed by atoms with van der Waals surface area (Å²) in [5, 5.41) is 6.26. The van der Waals surface area contributed by atoms with Crippen LogP contribution in [0.15, 0.2) is 18.2 Å². The third-order valence-corrected chi connectivity index (χ3v) is 2.37. The molecule has 1 aromatic heterocycles. The van der Waals surface area contributed by atoms with Gasteiger partial charge in [0.1, 0.15) is 17.0 Å². The van der Waals surface area contributed by atoms with E-state index in [0.717, 1.165) is 0 Å². The molecule has 0 aromatic carbocycles. The number of hydrogen-bond donors (Lipinski definition) is 2. The first-order valence-electron chi connectivity index (χ1n) is 5.66. The number of carbonyl (C=O) groups is 1. The molecule has 4 nitrogen and oxygen atoms in total. The summed E-state index contributed by atoms with van der Waals surface area (Å²) in [7, 11) is 0. The van der Waals surface area contributed by atoms with Crippen LogP contribution in [0.2, 0.25) is 5.15 Å². The van der Waals surface area contributed by atoms with Gasteiger partial charge in [-0.3, -0.25) is 4.79 Å². The van der Waals surface area contributed by atoms with Gasteiger partial charge in [-0.15, -0.1) is 0 Å². The maximum atomic E-state index is 11.7. The van der Waals surface area contributed by atoms with Crippen molar-refractivity contribution >= 4 is 23.3 Å². The lowest BCUT2D eigenvalue weighted by molar-refractivity contribution is -0.121. The Labute approximate surface area is 107 Å². The maximum Gasteiger partial charge on any atom is 0.242 e. The molecule has 0 saturated carbocycles. The molecular formula is C12H18ClN3O. The molecule has 0 spiro atoms. The number of amides is 1. The van der Waals surface area contributed by atoms with Crippen LogP contribution in [-0.2, 0) is 4.79 Å². The minimum Gasteiger partial charge on any atom is -0.359 e. The van der Waals surface area contributed by atoms with E-state index in [4.69, 9.17) is 11.6 Å². The molecule has 0 bridgehead atoms. The van der Waals surface area contributed by atoms with Crippen molar-refractivity contribution in [2.45, 2.75) is 26.8 Å². The smallest absolute Gasteiger partial charge is 0.242 e. The number of nitrogens with zero attached hydrogens (tertiary/aromatic N) is 1. The molecule has 0 radical (unpaired) electrons.